The van der Waals surface area contributed by atoms with Gasteiger partial charge in [0.2, 0.25) is 0 Å². The second-order valence-corrected chi connectivity index (χ2v) is 3.37. The zero-order chi connectivity index (χ0) is 9.84. The lowest BCUT2D eigenvalue weighted by Crippen LogP contribution is -1.91. The van der Waals surface area contributed by atoms with Crippen LogP contribution in [0.25, 0.3) is 0 Å². The topological polar surface area (TPSA) is 43.1 Å². The molecule has 0 N–H and O–H groups in total. The molecule has 0 aromatic heterocycles. The van der Waals surface area contributed by atoms with Gasteiger partial charge in [0, 0.05) is 6.07 Å². The lowest BCUT2D eigenvalue weighted by molar-refractivity contribution is -0.384. The highest BCUT2D eigenvalue weighted by atomic mass is 35.5. The summed E-state index contributed by atoms with van der Waals surface area (Å²) in [6, 6.07) is 4.72. The van der Waals surface area contributed by atoms with Crippen LogP contribution < -0.4 is 0 Å². The molecular formula is C8H8ClNO2S. The fraction of sp³-hybridized carbons (Fsp3) is 0.250. The van der Waals surface area contributed by atoms with Gasteiger partial charge >= 0.3 is 0 Å². The molecule has 0 saturated heterocycles. The van der Waals surface area contributed by atoms with E-state index in [1.165, 1.54) is 6.07 Å². The Hall–Kier alpha value is -0.740. The molecule has 0 radical (unpaired) electrons. The molecule has 1 aromatic carbocycles. The van der Waals surface area contributed by atoms with Gasteiger partial charge in [0.1, 0.15) is 5.02 Å². The predicted molar refractivity (Wildman–Crippen MR) is 55.7 cm³/mol. The van der Waals surface area contributed by atoms with Gasteiger partial charge in [-0.05, 0) is 23.8 Å². The average Bonchev–Trinajstić information content (AvgIpc) is 2.04. The number of nitro groups is 1. The van der Waals surface area contributed by atoms with E-state index in [-0.39, 0.29) is 10.7 Å². The van der Waals surface area contributed by atoms with E-state index in [2.05, 4.69) is 12.6 Å². The van der Waals surface area contributed by atoms with Crippen molar-refractivity contribution in [2.45, 2.75) is 6.42 Å². The van der Waals surface area contributed by atoms with Crippen LogP contribution in [0, 0.1) is 10.1 Å². The zero-order valence-electron chi connectivity index (χ0n) is 6.74. The largest absolute Gasteiger partial charge is 0.287 e. The third kappa shape index (κ3) is 2.60. The predicted octanol–water partition coefficient (Wildman–Crippen LogP) is 2.72. The van der Waals surface area contributed by atoms with E-state index >= 15 is 0 Å². The van der Waals surface area contributed by atoms with Crippen LogP contribution in [-0.2, 0) is 6.42 Å². The molecule has 0 heterocycles. The maximum atomic E-state index is 10.4. The average molecular weight is 218 g/mol. The van der Waals surface area contributed by atoms with Crippen LogP contribution in [0.5, 0.6) is 0 Å². The van der Waals surface area contributed by atoms with Crippen molar-refractivity contribution in [3.05, 3.63) is 38.9 Å². The molecule has 0 aliphatic heterocycles. The quantitative estimate of drug-likeness (QED) is 0.481. The van der Waals surface area contributed by atoms with Gasteiger partial charge in [-0.2, -0.15) is 12.6 Å². The first-order valence-electron chi connectivity index (χ1n) is 3.69. The first-order chi connectivity index (χ1) is 6.15. The van der Waals surface area contributed by atoms with E-state index in [0.29, 0.717) is 5.75 Å². The monoisotopic (exact) mass is 217 g/mol. The third-order valence-corrected chi connectivity index (χ3v) is 2.14. The van der Waals surface area contributed by atoms with Gasteiger partial charge in [-0.25, -0.2) is 0 Å². The van der Waals surface area contributed by atoms with Crippen LogP contribution in [0.15, 0.2) is 18.2 Å². The summed E-state index contributed by atoms with van der Waals surface area (Å²) >= 11 is 9.75. The van der Waals surface area contributed by atoms with Crippen LogP contribution >= 0.6 is 24.2 Å². The molecule has 0 aliphatic rings. The number of nitrogens with zero attached hydrogens (tertiary/aromatic N) is 1. The Morgan fingerprint density at radius 2 is 2.23 bits per heavy atom. The van der Waals surface area contributed by atoms with Gasteiger partial charge in [0.15, 0.2) is 0 Å². The van der Waals surface area contributed by atoms with Crippen LogP contribution in [0.1, 0.15) is 5.56 Å². The van der Waals surface area contributed by atoms with Crippen molar-refractivity contribution in [2.75, 3.05) is 5.75 Å². The number of hydrogen-bond donors (Lipinski definition) is 1. The van der Waals surface area contributed by atoms with Crippen molar-refractivity contribution in [1.82, 2.24) is 0 Å². The highest BCUT2D eigenvalue weighted by molar-refractivity contribution is 7.80. The summed E-state index contributed by atoms with van der Waals surface area (Å²) in [5, 5.41) is 10.6. The van der Waals surface area contributed by atoms with Crippen molar-refractivity contribution in [3.8, 4) is 0 Å². The Morgan fingerprint density at radius 1 is 1.54 bits per heavy atom. The van der Waals surface area contributed by atoms with Crippen molar-refractivity contribution in [2.24, 2.45) is 0 Å². The molecule has 0 unspecified atom stereocenters. The Balaban J connectivity index is 2.98. The van der Waals surface area contributed by atoms with Gasteiger partial charge in [0.25, 0.3) is 5.69 Å². The molecule has 0 bridgehead atoms. The molecule has 0 amide bonds. The minimum Gasteiger partial charge on any atom is -0.258 e. The molecule has 5 heteroatoms. The maximum Gasteiger partial charge on any atom is 0.287 e. The molecule has 1 aromatic rings. The number of thiol groups is 1. The van der Waals surface area contributed by atoms with Crippen molar-refractivity contribution in [1.29, 1.82) is 0 Å². The van der Waals surface area contributed by atoms with E-state index in [9.17, 15) is 10.1 Å². The molecule has 1 rings (SSSR count). The molecule has 0 fully saturated rings. The summed E-state index contributed by atoms with van der Waals surface area (Å²) in [5.74, 6) is 0.703. The molecule has 0 saturated carbocycles. The molecule has 0 spiro atoms. The first kappa shape index (κ1) is 10.3. The summed E-state index contributed by atoms with van der Waals surface area (Å²) in [5.41, 5.74) is 0.912. The lowest BCUT2D eigenvalue weighted by atomic mass is 10.1. The highest BCUT2D eigenvalue weighted by Gasteiger charge is 2.11. The van der Waals surface area contributed by atoms with Crippen LogP contribution in [0.4, 0.5) is 5.69 Å². The normalized spacial score (nSPS) is 10.0. The Labute approximate surface area is 86.3 Å². The minimum atomic E-state index is -0.493. The number of hydrogen-bond acceptors (Lipinski definition) is 3. The highest BCUT2D eigenvalue weighted by Crippen LogP contribution is 2.25. The number of aryl methyl sites for hydroxylation is 1. The number of benzene rings is 1. The van der Waals surface area contributed by atoms with Gasteiger partial charge in [-0.15, -0.1) is 0 Å². The fourth-order valence-corrected chi connectivity index (χ4v) is 1.51. The zero-order valence-corrected chi connectivity index (χ0v) is 8.39. The van der Waals surface area contributed by atoms with Gasteiger partial charge in [-0.1, -0.05) is 17.7 Å². The molecule has 3 nitrogen and oxygen atoms in total. The number of nitro benzene ring substituents is 1. The number of rotatable bonds is 3. The third-order valence-electron chi connectivity index (χ3n) is 1.61. The Bertz CT molecular complexity index is 330. The van der Waals surface area contributed by atoms with Crippen LogP contribution in [0.2, 0.25) is 5.02 Å². The second-order valence-electron chi connectivity index (χ2n) is 2.52. The molecular weight excluding hydrogens is 210 g/mol. The fourth-order valence-electron chi connectivity index (χ4n) is 0.983. The van der Waals surface area contributed by atoms with E-state index < -0.39 is 4.92 Å². The minimum absolute atomic E-state index is 0.0513. The van der Waals surface area contributed by atoms with Crippen molar-refractivity contribution in [3.63, 3.8) is 0 Å². The van der Waals surface area contributed by atoms with Crippen LogP contribution in [-0.4, -0.2) is 10.7 Å². The molecule has 70 valence electrons. The summed E-state index contributed by atoms with van der Waals surface area (Å²) in [7, 11) is 0. The number of halogens is 1. The summed E-state index contributed by atoms with van der Waals surface area (Å²) in [6.45, 7) is 0. The van der Waals surface area contributed by atoms with Crippen molar-refractivity contribution < 1.29 is 4.92 Å². The smallest absolute Gasteiger partial charge is 0.258 e. The standard InChI is InChI=1S/C8H8ClNO2S/c9-7-5-6(3-4-13)1-2-8(7)10(11)12/h1-2,5,13H,3-4H2. The Morgan fingerprint density at radius 3 is 2.69 bits per heavy atom. The van der Waals surface area contributed by atoms with Crippen molar-refractivity contribution >= 4 is 29.9 Å². The van der Waals surface area contributed by atoms with E-state index in [4.69, 9.17) is 11.6 Å². The molecule has 0 atom stereocenters. The maximum absolute atomic E-state index is 10.4. The van der Waals surface area contributed by atoms with E-state index in [0.717, 1.165) is 12.0 Å². The SMILES string of the molecule is O=[N+]([O-])c1ccc(CCS)cc1Cl. The lowest BCUT2D eigenvalue weighted by Gasteiger charge is -1.99. The second kappa shape index (κ2) is 4.48. The Kier molecular flexibility index (Phi) is 3.57. The summed E-state index contributed by atoms with van der Waals surface area (Å²) in [4.78, 5) is 9.90. The van der Waals surface area contributed by atoms with Gasteiger partial charge in [-0.3, -0.25) is 10.1 Å². The van der Waals surface area contributed by atoms with Crippen LogP contribution in [0.3, 0.4) is 0 Å². The van der Waals surface area contributed by atoms with Gasteiger partial charge in [0.05, 0.1) is 4.92 Å². The van der Waals surface area contributed by atoms with E-state index in [1.54, 1.807) is 12.1 Å². The van der Waals surface area contributed by atoms with Gasteiger partial charge < -0.3 is 0 Å². The summed E-state index contributed by atoms with van der Waals surface area (Å²) < 4.78 is 0. The molecule has 13 heavy (non-hydrogen) atoms. The summed E-state index contributed by atoms with van der Waals surface area (Å²) in [6.07, 6.45) is 0.765. The first-order valence-corrected chi connectivity index (χ1v) is 4.70. The van der Waals surface area contributed by atoms with E-state index in [1.807, 2.05) is 0 Å². The molecule has 0 aliphatic carbocycles.